The van der Waals surface area contributed by atoms with Crippen molar-refractivity contribution in [2.75, 3.05) is 6.61 Å². The number of carbonyl (C=O) groups is 1. The first-order valence-electron chi connectivity index (χ1n) is 7.93. The molecule has 124 valence electrons. The summed E-state index contributed by atoms with van der Waals surface area (Å²) in [5.41, 5.74) is 1.43. The minimum Gasteiger partial charge on any atom is -0.396 e. The standard InChI is InChI=1S/C18H25N3O2/c1-18(2,3)21-13-15(12-19-21)17(23)20-16(10-7-11-22)14-8-5-4-6-9-14/h4-6,8-9,12-13,16,22H,7,10-11H2,1-3H3,(H,20,23). The van der Waals surface area contributed by atoms with Gasteiger partial charge in [-0.3, -0.25) is 9.48 Å². The first-order chi connectivity index (χ1) is 10.9. The predicted octanol–water partition coefficient (Wildman–Crippen LogP) is 2.88. The normalized spacial score (nSPS) is 12.9. The summed E-state index contributed by atoms with van der Waals surface area (Å²) in [5.74, 6) is -0.146. The van der Waals surface area contributed by atoms with Crippen molar-refractivity contribution >= 4 is 5.91 Å². The molecule has 0 aliphatic heterocycles. The van der Waals surface area contributed by atoms with Gasteiger partial charge in [0.05, 0.1) is 23.3 Å². The third-order valence-electron chi connectivity index (χ3n) is 3.69. The number of nitrogens with one attached hydrogen (secondary N) is 1. The van der Waals surface area contributed by atoms with Crippen LogP contribution in [0, 0.1) is 0 Å². The number of aliphatic hydroxyl groups is 1. The number of aliphatic hydroxyl groups excluding tert-OH is 1. The zero-order valence-electron chi connectivity index (χ0n) is 14.0. The lowest BCUT2D eigenvalue weighted by Gasteiger charge is -2.19. The lowest BCUT2D eigenvalue weighted by atomic mass is 10.0. The molecule has 1 atom stereocenters. The van der Waals surface area contributed by atoms with Crippen LogP contribution in [0.2, 0.25) is 0 Å². The lowest BCUT2D eigenvalue weighted by molar-refractivity contribution is 0.0932. The topological polar surface area (TPSA) is 67.2 Å². The molecule has 0 aliphatic carbocycles. The monoisotopic (exact) mass is 315 g/mol. The fraction of sp³-hybridized carbons (Fsp3) is 0.444. The molecule has 5 heteroatoms. The van der Waals surface area contributed by atoms with Gasteiger partial charge in [-0.05, 0) is 39.2 Å². The van der Waals surface area contributed by atoms with Crippen molar-refractivity contribution < 1.29 is 9.90 Å². The minimum atomic E-state index is -0.158. The van der Waals surface area contributed by atoms with Gasteiger partial charge in [-0.1, -0.05) is 30.3 Å². The summed E-state index contributed by atoms with van der Waals surface area (Å²) >= 11 is 0. The number of aromatic nitrogens is 2. The summed E-state index contributed by atoms with van der Waals surface area (Å²) in [4.78, 5) is 12.5. The van der Waals surface area contributed by atoms with E-state index in [9.17, 15) is 4.79 Å². The molecule has 1 aromatic heterocycles. The summed E-state index contributed by atoms with van der Waals surface area (Å²) in [6.07, 6.45) is 4.69. The van der Waals surface area contributed by atoms with Crippen LogP contribution in [0.5, 0.6) is 0 Å². The van der Waals surface area contributed by atoms with Crippen molar-refractivity contribution in [3.8, 4) is 0 Å². The quantitative estimate of drug-likeness (QED) is 0.861. The Morgan fingerprint density at radius 3 is 2.57 bits per heavy atom. The Morgan fingerprint density at radius 1 is 1.30 bits per heavy atom. The van der Waals surface area contributed by atoms with Gasteiger partial charge in [-0.15, -0.1) is 0 Å². The Morgan fingerprint density at radius 2 is 2.00 bits per heavy atom. The van der Waals surface area contributed by atoms with Crippen molar-refractivity contribution in [2.24, 2.45) is 0 Å². The highest BCUT2D eigenvalue weighted by Crippen LogP contribution is 2.19. The van der Waals surface area contributed by atoms with E-state index in [4.69, 9.17) is 5.11 Å². The summed E-state index contributed by atoms with van der Waals surface area (Å²) in [5, 5.41) is 16.4. The molecule has 0 fully saturated rings. The molecule has 2 rings (SSSR count). The average molecular weight is 315 g/mol. The van der Waals surface area contributed by atoms with E-state index in [0.717, 1.165) is 5.56 Å². The molecule has 1 unspecified atom stereocenters. The number of nitrogens with zero attached hydrogens (tertiary/aromatic N) is 2. The predicted molar refractivity (Wildman–Crippen MR) is 90.2 cm³/mol. The van der Waals surface area contributed by atoms with Crippen LogP contribution < -0.4 is 5.32 Å². The molecule has 0 saturated heterocycles. The molecule has 2 N–H and O–H groups in total. The van der Waals surface area contributed by atoms with E-state index >= 15 is 0 Å². The number of amides is 1. The van der Waals surface area contributed by atoms with E-state index < -0.39 is 0 Å². The fourth-order valence-electron chi connectivity index (χ4n) is 2.35. The summed E-state index contributed by atoms with van der Waals surface area (Å²) in [6.45, 7) is 6.22. The Kier molecular flexibility index (Phi) is 5.55. The molecule has 0 spiro atoms. The Hall–Kier alpha value is -2.14. The maximum atomic E-state index is 12.5. The molecule has 0 saturated carbocycles. The number of carbonyl (C=O) groups excluding carboxylic acids is 1. The molecular formula is C18H25N3O2. The number of hydrogen-bond donors (Lipinski definition) is 2. The molecule has 23 heavy (non-hydrogen) atoms. The third-order valence-corrected chi connectivity index (χ3v) is 3.69. The highest BCUT2D eigenvalue weighted by atomic mass is 16.3. The van der Waals surface area contributed by atoms with Gasteiger partial charge in [-0.2, -0.15) is 5.10 Å². The second-order valence-electron chi connectivity index (χ2n) is 6.65. The van der Waals surface area contributed by atoms with Gasteiger partial charge < -0.3 is 10.4 Å². The van der Waals surface area contributed by atoms with Crippen LogP contribution in [0.4, 0.5) is 0 Å². The van der Waals surface area contributed by atoms with Gasteiger partial charge in [-0.25, -0.2) is 0 Å². The SMILES string of the molecule is CC(C)(C)n1cc(C(=O)NC(CCCO)c2ccccc2)cn1. The van der Waals surface area contributed by atoms with Crippen LogP contribution in [-0.4, -0.2) is 27.4 Å². The zero-order valence-corrected chi connectivity index (χ0v) is 14.0. The third kappa shape index (κ3) is 4.66. The minimum absolute atomic E-state index is 0.112. The molecule has 5 nitrogen and oxygen atoms in total. The highest BCUT2D eigenvalue weighted by molar-refractivity contribution is 5.94. The fourth-order valence-corrected chi connectivity index (χ4v) is 2.35. The Balaban J connectivity index is 2.12. The van der Waals surface area contributed by atoms with Crippen molar-refractivity contribution in [1.29, 1.82) is 0 Å². The summed E-state index contributed by atoms with van der Waals surface area (Å²) in [6, 6.07) is 9.70. The highest BCUT2D eigenvalue weighted by Gasteiger charge is 2.19. The molecule has 0 radical (unpaired) electrons. The van der Waals surface area contributed by atoms with Gasteiger partial charge >= 0.3 is 0 Å². The molecule has 1 amide bonds. The molecule has 0 aliphatic rings. The maximum absolute atomic E-state index is 12.5. The summed E-state index contributed by atoms with van der Waals surface area (Å²) < 4.78 is 1.78. The van der Waals surface area contributed by atoms with Crippen LogP contribution >= 0.6 is 0 Å². The van der Waals surface area contributed by atoms with E-state index in [-0.39, 0.29) is 24.1 Å². The van der Waals surface area contributed by atoms with Crippen LogP contribution in [-0.2, 0) is 5.54 Å². The molecule has 1 heterocycles. The molecule has 2 aromatic rings. The number of benzene rings is 1. The van der Waals surface area contributed by atoms with Crippen LogP contribution in [0.25, 0.3) is 0 Å². The Bertz CT molecular complexity index is 629. The van der Waals surface area contributed by atoms with E-state index in [0.29, 0.717) is 18.4 Å². The smallest absolute Gasteiger partial charge is 0.254 e. The Labute approximate surface area is 137 Å². The summed E-state index contributed by atoms with van der Waals surface area (Å²) in [7, 11) is 0. The van der Waals surface area contributed by atoms with E-state index in [1.807, 2.05) is 51.1 Å². The van der Waals surface area contributed by atoms with E-state index in [2.05, 4.69) is 10.4 Å². The van der Waals surface area contributed by atoms with Crippen molar-refractivity contribution in [1.82, 2.24) is 15.1 Å². The van der Waals surface area contributed by atoms with Gasteiger partial charge in [0.25, 0.3) is 5.91 Å². The number of rotatable bonds is 6. The first kappa shape index (κ1) is 17.2. The van der Waals surface area contributed by atoms with Crippen molar-refractivity contribution in [3.05, 3.63) is 53.9 Å². The van der Waals surface area contributed by atoms with Gasteiger partial charge in [0, 0.05) is 12.8 Å². The molecule has 1 aromatic carbocycles. The van der Waals surface area contributed by atoms with E-state index in [1.165, 1.54) is 0 Å². The van der Waals surface area contributed by atoms with E-state index in [1.54, 1.807) is 17.1 Å². The van der Waals surface area contributed by atoms with Crippen molar-refractivity contribution in [2.45, 2.75) is 45.2 Å². The van der Waals surface area contributed by atoms with Crippen LogP contribution in [0.3, 0.4) is 0 Å². The number of hydrogen-bond acceptors (Lipinski definition) is 3. The largest absolute Gasteiger partial charge is 0.396 e. The lowest BCUT2D eigenvalue weighted by Crippen LogP contribution is -2.28. The first-order valence-corrected chi connectivity index (χ1v) is 7.93. The van der Waals surface area contributed by atoms with Crippen LogP contribution in [0.15, 0.2) is 42.7 Å². The van der Waals surface area contributed by atoms with Gasteiger partial charge in [0.15, 0.2) is 0 Å². The second-order valence-corrected chi connectivity index (χ2v) is 6.65. The zero-order chi connectivity index (χ0) is 16.9. The van der Waals surface area contributed by atoms with Crippen molar-refractivity contribution in [3.63, 3.8) is 0 Å². The molecular weight excluding hydrogens is 290 g/mol. The van der Waals surface area contributed by atoms with Gasteiger partial charge in [0.1, 0.15) is 0 Å². The molecule has 0 bridgehead atoms. The second kappa shape index (κ2) is 7.42. The van der Waals surface area contributed by atoms with Crippen LogP contribution in [0.1, 0.15) is 55.6 Å². The average Bonchev–Trinajstić information content (AvgIpc) is 3.02. The maximum Gasteiger partial charge on any atom is 0.254 e. The van der Waals surface area contributed by atoms with Gasteiger partial charge in [0.2, 0.25) is 0 Å².